The van der Waals surface area contributed by atoms with Crippen molar-refractivity contribution in [1.82, 2.24) is 14.9 Å². The van der Waals surface area contributed by atoms with Crippen molar-refractivity contribution in [3.8, 4) is 11.1 Å². The fraction of sp³-hybridized carbons (Fsp3) is 0.455. The van der Waals surface area contributed by atoms with E-state index in [-0.39, 0.29) is 11.0 Å². The zero-order valence-corrected chi connectivity index (χ0v) is 18.5. The van der Waals surface area contributed by atoms with Gasteiger partial charge in [-0.2, -0.15) is 0 Å². The lowest BCUT2D eigenvalue weighted by atomic mass is 9.86. The first kappa shape index (κ1) is 19.7. The Hall–Kier alpha value is -1.63. The van der Waals surface area contributed by atoms with Gasteiger partial charge in [-0.3, -0.25) is 4.79 Å². The summed E-state index contributed by atoms with van der Waals surface area (Å²) in [5.74, 6) is 0. The molecule has 0 amide bonds. The summed E-state index contributed by atoms with van der Waals surface area (Å²) in [5, 5.41) is 4.05. The number of hydrogen-bond donors (Lipinski definition) is 1. The third kappa shape index (κ3) is 4.04. The molecular weight excluding hydrogens is 386 g/mol. The lowest BCUT2D eigenvalue weighted by molar-refractivity contribution is 0.282. The summed E-state index contributed by atoms with van der Waals surface area (Å²) in [6.07, 6.45) is 2.28. The summed E-state index contributed by atoms with van der Waals surface area (Å²) in [4.78, 5) is 23.8. The van der Waals surface area contributed by atoms with Crippen molar-refractivity contribution in [3.05, 3.63) is 45.6 Å². The van der Waals surface area contributed by atoms with Gasteiger partial charge in [0.05, 0.1) is 5.39 Å². The van der Waals surface area contributed by atoms with Crippen LogP contribution in [-0.4, -0.2) is 40.3 Å². The maximum Gasteiger partial charge on any atom is 0.260 e. The molecule has 1 N–H and O–H groups in total. The van der Waals surface area contributed by atoms with Crippen LogP contribution in [0.2, 0.25) is 0 Å². The number of piperidine rings is 1. The van der Waals surface area contributed by atoms with E-state index >= 15 is 0 Å². The van der Waals surface area contributed by atoms with E-state index in [1.807, 2.05) is 0 Å². The second-order valence-corrected chi connectivity index (χ2v) is 10.8. The van der Waals surface area contributed by atoms with Crippen LogP contribution in [0.25, 0.3) is 21.3 Å². The number of nitrogens with zero attached hydrogens (tertiary/aromatic N) is 2. The van der Waals surface area contributed by atoms with Crippen molar-refractivity contribution in [3.63, 3.8) is 0 Å². The standard InChI is InChI=1S/C22H27N3OS2/c1-22(2,3)15-7-5-14(6-8-15)17-13-27-20-18(17)19(26)23-21(24-20)28-16-9-11-25(4)12-10-16/h5-8,13,16H,9-12H2,1-4H3,(H,23,24,26). The number of thioether (sulfide) groups is 1. The third-order valence-corrected chi connectivity index (χ3v) is 7.52. The number of likely N-dealkylation sites (tertiary alicyclic amines) is 1. The van der Waals surface area contributed by atoms with Gasteiger partial charge in [0, 0.05) is 16.2 Å². The van der Waals surface area contributed by atoms with Crippen LogP contribution in [0.15, 0.2) is 39.6 Å². The Morgan fingerprint density at radius 3 is 2.50 bits per heavy atom. The fourth-order valence-corrected chi connectivity index (χ4v) is 5.67. The molecule has 0 unspecified atom stereocenters. The zero-order chi connectivity index (χ0) is 19.9. The Morgan fingerprint density at radius 2 is 1.86 bits per heavy atom. The molecule has 0 aliphatic carbocycles. The maximum absolute atomic E-state index is 12.9. The van der Waals surface area contributed by atoms with Crippen LogP contribution in [-0.2, 0) is 5.41 Å². The zero-order valence-electron chi connectivity index (χ0n) is 16.9. The number of thiophene rings is 1. The Bertz CT molecular complexity index is 1020. The average Bonchev–Trinajstić information content (AvgIpc) is 3.07. The van der Waals surface area contributed by atoms with Crippen molar-refractivity contribution in [2.45, 2.75) is 49.4 Å². The number of nitrogens with one attached hydrogen (secondary N) is 1. The average molecular weight is 414 g/mol. The van der Waals surface area contributed by atoms with Gasteiger partial charge in [-0.05, 0) is 49.5 Å². The van der Waals surface area contributed by atoms with Crippen molar-refractivity contribution in [2.24, 2.45) is 0 Å². The molecule has 0 radical (unpaired) electrons. The van der Waals surface area contributed by atoms with Crippen molar-refractivity contribution in [2.75, 3.05) is 20.1 Å². The Labute approximate surface area is 174 Å². The summed E-state index contributed by atoms with van der Waals surface area (Å²) >= 11 is 3.28. The van der Waals surface area contributed by atoms with Gasteiger partial charge in [-0.25, -0.2) is 4.98 Å². The normalized spacial score (nSPS) is 16.7. The largest absolute Gasteiger partial charge is 0.306 e. The Balaban J connectivity index is 1.63. The van der Waals surface area contributed by atoms with Crippen molar-refractivity contribution in [1.29, 1.82) is 0 Å². The summed E-state index contributed by atoms with van der Waals surface area (Å²) in [6, 6.07) is 8.54. The van der Waals surface area contributed by atoms with Crippen LogP contribution in [0.4, 0.5) is 0 Å². The summed E-state index contributed by atoms with van der Waals surface area (Å²) in [7, 11) is 2.16. The number of rotatable bonds is 3. The van der Waals surface area contributed by atoms with E-state index in [0.717, 1.165) is 47.0 Å². The predicted octanol–water partition coefficient (Wildman–Crippen LogP) is 5.14. The maximum atomic E-state index is 12.9. The van der Waals surface area contributed by atoms with E-state index in [1.54, 1.807) is 23.1 Å². The highest BCUT2D eigenvalue weighted by Crippen LogP contribution is 2.34. The van der Waals surface area contributed by atoms with Gasteiger partial charge in [-0.15, -0.1) is 11.3 Å². The van der Waals surface area contributed by atoms with Crippen LogP contribution < -0.4 is 5.56 Å². The molecule has 6 heteroatoms. The third-order valence-electron chi connectivity index (χ3n) is 5.43. The monoisotopic (exact) mass is 413 g/mol. The van der Waals surface area contributed by atoms with Crippen LogP contribution in [0.1, 0.15) is 39.2 Å². The molecule has 0 bridgehead atoms. The van der Waals surface area contributed by atoms with Crippen molar-refractivity contribution >= 4 is 33.3 Å². The van der Waals surface area contributed by atoms with Gasteiger partial charge in [0.15, 0.2) is 5.16 Å². The molecular formula is C22H27N3OS2. The first-order valence-corrected chi connectivity index (χ1v) is 11.5. The number of aromatic nitrogens is 2. The molecule has 1 aromatic carbocycles. The van der Waals surface area contributed by atoms with E-state index in [2.05, 4.69) is 67.3 Å². The summed E-state index contributed by atoms with van der Waals surface area (Å²) in [5.41, 5.74) is 3.43. The highest BCUT2D eigenvalue weighted by Gasteiger charge is 2.20. The quantitative estimate of drug-likeness (QED) is 0.604. The molecule has 148 valence electrons. The molecule has 1 fully saturated rings. The molecule has 0 spiro atoms. The molecule has 28 heavy (non-hydrogen) atoms. The lowest BCUT2D eigenvalue weighted by Gasteiger charge is -2.27. The molecule has 2 aromatic heterocycles. The lowest BCUT2D eigenvalue weighted by Crippen LogP contribution is -2.31. The van der Waals surface area contributed by atoms with Crippen molar-refractivity contribution < 1.29 is 0 Å². The number of benzene rings is 1. The fourth-order valence-electron chi connectivity index (χ4n) is 3.61. The molecule has 1 aliphatic rings. The molecule has 0 saturated carbocycles. The van der Waals surface area contributed by atoms with E-state index in [9.17, 15) is 4.79 Å². The molecule has 3 heterocycles. The highest BCUT2D eigenvalue weighted by atomic mass is 32.2. The number of H-pyrrole nitrogens is 1. The van der Waals surface area contributed by atoms with Crippen LogP contribution >= 0.6 is 23.1 Å². The molecule has 1 aliphatic heterocycles. The number of aromatic amines is 1. The second kappa shape index (κ2) is 7.65. The van der Waals surface area contributed by atoms with Gasteiger partial charge in [-0.1, -0.05) is 56.8 Å². The topological polar surface area (TPSA) is 49.0 Å². The van der Waals surface area contributed by atoms with Gasteiger partial charge >= 0.3 is 0 Å². The smallest absolute Gasteiger partial charge is 0.260 e. The first-order valence-electron chi connectivity index (χ1n) is 9.79. The first-order chi connectivity index (χ1) is 13.3. The van der Waals surface area contributed by atoms with E-state index in [0.29, 0.717) is 10.6 Å². The minimum atomic E-state index is -0.0309. The number of hydrogen-bond acceptors (Lipinski definition) is 5. The van der Waals surface area contributed by atoms with Gasteiger partial charge < -0.3 is 9.88 Å². The molecule has 1 saturated heterocycles. The van der Waals surface area contributed by atoms with E-state index in [4.69, 9.17) is 4.98 Å². The van der Waals surface area contributed by atoms with Gasteiger partial charge in [0.2, 0.25) is 0 Å². The molecule has 4 nitrogen and oxygen atoms in total. The Morgan fingerprint density at radius 1 is 1.18 bits per heavy atom. The van der Waals surface area contributed by atoms with Crippen LogP contribution in [0.3, 0.4) is 0 Å². The minimum Gasteiger partial charge on any atom is -0.306 e. The van der Waals surface area contributed by atoms with Crippen LogP contribution in [0.5, 0.6) is 0 Å². The highest BCUT2D eigenvalue weighted by molar-refractivity contribution is 7.99. The van der Waals surface area contributed by atoms with Gasteiger partial charge in [0.1, 0.15) is 4.83 Å². The summed E-state index contributed by atoms with van der Waals surface area (Å²) in [6.45, 7) is 8.84. The predicted molar refractivity (Wildman–Crippen MR) is 121 cm³/mol. The van der Waals surface area contributed by atoms with Crippen LogP contribution in [0, 0.1) is 0 Å². The summed E-state index contributed by atoms with van der Waals surface area (Å²) < 4.78 is 0. The molecule has 0 atom stereocenters. The van der Waals surface area contributed by atoms with Gasteiger partial charge in [0.25, 0.3) is 5.56 Å². The number of fused-ring (bicyclic) bond motifs is 1. The Kier molecular flexibility index (Phi) is 5.38. The van der Waals surface area contributed by atoms with E-state index in [1.165, 1.54) is 5.56 Å². The molecule has 3 aromatic rings. The minimum absolute atomic E-state index is 0.0309. The molecule has 4 rings (SSSR count). The van der Waals surface area contributed by atoms with E-state index < -0.39 is 0 Å². The SMILES string of the molecule is CN1CCC(Sc2nc3scc(-c4ccc(C(C)(C)C)cc4)c3c(=O)[nH]2)CC1. The second-order valence-electron chi connectivity index (χ2n) is 8.65.